The molecule has 0 aliphatic heterocycles. The first-order valence-electron chi connectivity index (χ1n) is 8.16. The molecule has 0 saturated carbocycles. The third-order valence-corrected chi connectivity index (χ3v) is 4.48. The molecule has 1 atom stereocenters. The van der Waals surface area contributed by atoms with Gasteiger partial charge in [-0.05, 0) is 48.9 Å². The summed E-state index contributed by atoms with van der Waals surface area (Å²) in [6.45, 7) is 1.88. The fraction of sp³-hybridized carbons (Fsp3) is 0.150. The van der Waals surface area contributed by atoms with Gasteiger partial charge in [0.25, 0.3) is 5.91 Å². The number of carbonyl (C=O) groups is 1. The lowest BCUT2D eigenvalue weighted by Crippen LogP contribution is -2.26. The predicted octanol–water partition coefficient (Wildman–Crippen LogP) is 5.80. The van der Waals surface area contributed by atoms with Gasteiger partial charge in [-0.1, -0.05) is 41.4 Å². The van der Waals surface area contributed by atoms with Crippen molar-refractivity contribution in [3.05, 3.63) is 87.5 Å². The minimum Gasteiger partial charge on any atom is -0.486 e. The fourth-order valence-electron chi connectivity index (χ4n) is 2.46. The van der Waals surface area contributed by atoms with Gasteiger partial charge in [0.2, 0.25) is 0 Å². The lowest BCUT2D eigenvalue weighted by molar-refractivity contribution is 0.0907. The maximum absolute atomic E-state index is 13.7. The van der Waals surface area contributed by atoms with Crippen molar-refractivity contribution in [2.75, 3.05) is 0 Å². The smallest absolute Gasteiger partial charge is 0.287 e. The summed E-state index contributed by atoms with van der Waals surface area (Å²) in [7, 11) is 0. The molecule has 0 aliphatic carbocycles. The SMILES string of the molecule is C[C@H](NC(=O)c1ccc(COc2ccccc2)o1)c1cc(F)c(Cl)cc1Cl. The minimum atomic E-state index is -0.601. The highest BCUT2D eigenvalue weighted by Gasteiger charge is 2.18. The Labute approximate surface area is 165 Å². The van der Waals surface area contributed by atoms with Crippen LogP contribution in [0.5, 0.6) is 5.75 Å². The number of benzene rings is 2. The van der Waals surface area contributed by atoms with E-state index in [1.807, 2.05) is 30.3 Å². The summed E-state index contributed by atoms with van der Waals surface area (Å²) < 4.78 is 24.8. The molecule has 1 heterocycles. The molecule has 1 amide bonds. The van der Waals surface area contributed by atoms with E-state index in [9.17, 15) is 9.18 Å². The molecule has 0 aliphatic rings. The molecule has 140 valence electrons. The van der Waals surface area contributed by atoms with Crippen molar-refractivity contribution in [2.45, 2.75) is 19.6 Å². The van der Waals surface area contributed by atoms with Gasteiger partial charge in [-0.3, -0.25) is 4.79 Å². The maximum atomic E-state index is 13.7. The molecule has 2 aromatic carbocycles. The van der Waals surface area contributed by atoms with Crippen molar-refractivity contribution in [1.29, 1.82) is 0 Å². The number of halogens is 3. The maximum Gasteiger partial charge on any atom is 0.287 e. The normalized spacial score (nSPS) is 11.9. The van der Waals surface area contributed by atoms with E-state index < -0.39 is 17.8 Å². The molecule has 4 nitrogen and oxygen atoms in total. The van der Waals surface area contributed by atoms with Crippen molar-refractivity contribution in [3.8, 4) is 5.75 Å². The zero-order valence-corrected chi connectivity index (χ0v) is 15.9. The number of rotatable bonds is 6. The molecule has 7 heteroatoms. The molecule has 3 aromatic rings. The van der Waals surface area contributed by atoms with Gasteiger partial charge >= 0.3 is 0 Å². The molecule has 1 aromatic heterocycles. The van der Waals surface area contributed by atoms with Gasteiger partial charge in [0.15, 0.2) is 5.76 Å². The van der Waals surface area contributed by atoms with Crippen LogP contribution in [0.3, 0.4) is 0 Å². The van der Waals surface area contributed by atoms with E-state index in [0.29, 0.717) is 17.1 Å². The molecular weight excluding hydrogens is 392 g/mol. The summed E-state index contributed by atoms with van der Waals surface area (Å²) >= 11 is 11.8. The Morgan fingerprint density at radius 3 is 2.63 bits per heavy atom. The van der Waals surface area contributed by atoms with Crippen molar-refractivity contribution in [2.24, 2.45) is 0 Å². The quantitative estimate of drug-likeness (QED) is 0.525. The number of furan rings is 1. The molecule has 3 rings (SSSR count). The number of carbonyl (C=O) groups excluding carboxylic acids is 1. The highest BCUT2D eigenvalue weighted by atomic mass is 35.5. The van der Waals surface area contributed by atoms with Crippen LogP contribution in [-0.4, -0.2) is 5.91 Å². The zero-order chi connectivity index (χ0) is 19.4. The van der Waals surface area contributed by atoms with Gasteiger partial charge in [-0.25, -0.2) is 4.39 Å². The topological polar surface area (TPSA) is 51.5 Å². The number of hydrogen-bond acceptors (Lipinski definition) is 3. The van der Waals surface area contributed by atoms with Crippen molar-refractivity contribution >= 4 is 29.1 Å². The van der Waals surface area contributed by atoms with Crippen molar-refractivity contribution in [3.63, 3.8) is 0 Å². The summed E-state index contributed by atoms with van der Waals surface area (Å²) in [5, 5.41) is 2.92. The number of para-hydroxylation sites is 1. The van der Waals surface area contributed by atoms with Gasteiger partial charge < -0.3 is 14.5 Å². The highest BCUT2D eigenvalue weighted by molar-refractivity contribution is 6.35. The van der Waals surface area contributed by atoms with E-state index in [2.05, 4.69) is 5.32 Å². The molecule has 0 bridgehead atoms. The number of hydrogen-bond donors (Lipinski definition) is 1. The van der Waals surface area contributed by atoms with Crippen LogP contribution in [0.15, 0.2) is 59.0 Å². The Kier molecular flexibility index (Phi) is 6.04. The first-order chi connectivity index (χ1) is 12.9. The highest BCUT2D eigenvalue weighted by Crippen LogP contribution is 2.28. The summed E-state index contributed by atoms with van der Waals surface area (Å²) in [5.41, 5.74) is 0.422. The Morgan fingerprint density at radius 2 is 1.89 bits per heavy atom. The van der Waals surface area contributed by atoms with Crippen LogP contribution in [0.1, 0.15) is 34.8 Å². The second kappa shape index (κ2) is 8.46. The Bertz CT molecular complexity index is 944. The first-order valence-corrected chi connectivity index (χ1v) is 8.91. The zero-order valence-electron chi connectivity index (χ0n) is 14.3. The lowest BCUT2D eigenvalue weighted by Gasteiger charge is -2.15. The third kappa shape index (κ3) is 4.81. The Balaban J connectivity index is 1.63. The van der Waals surface area contributed by atoms with E-state index in [1.54, 1.807) is 19.1 Å². The van der Waals surface area contributed by atoms with Crippen LogP contribution >= 0.6 is 23.2 Å². The van der Waals surface area contributed by atoms with E-state index in [1.165, 1.54) is 12.1 Å². The third-order valence-electron chi connectivity index (χ3n) is 3.86. The molecule has 0 spiro atoms. The first kappa shape index (κ1) is 19.3. The average Bonchev–Trinajstić information content (AvgIpc) is 3.13. The number of amides is 1. The predicted molar refractivity (Wildman–Crippen MR) is 102 cm³/mol. The van der Waals surface area contributed by atoms with Crippen molar-refractivity contribution < 1.29 is 18.3 Å². The average molecular weight is 408 g/mol. The van der Waals surface area contributed by atoms with Crippen LogP contribution in [0.4, 0.5) is 4.39 Å². The largest absolute Gasteiger partial charge is 0.486 e. The summed E-state index contributed by atoms with van der Waals surface area (Å²) in [5.74, 6) is 0.287. The van der Waals surface area contributed by atoms with Crippen LogP contribution in [0, 0.1) is 5.82 Å². The Hall–Kier alpha value is -2.50. The summed E-state index contributed by atoms with van der Waals surface area (Å²) in [4.78, 5) is 12.4. The van der Waals surface area contributed by atoms with Crippen molar-refractivity contribution in [1.82, 2.24) is 5.32 Å². The summed E-state index contributed by atoms with van der Waals surface area (Å²) in [6, 6.07) is 14.5. The van der Waals surface area contributed by atoms with Gasteiger partial charge in [0.05, 0.1) is 11.1 Å². The summed E-state index contributed by atoms with van der Waals surface area (Å²) in [6.07, 6.45) is 0. The monoisotopic (exact) mass is 407 g/mol. The van der Waals surface area contributed by atoms with E-state index >= 15 is 0 Å². The molecule has 27 heavy (non-hydrogen) atoms. The van der Waals surface area contributed by atoms with Crippen LogP contribution in [-0.2, 0) is 6.61 Å². The molecule has 0 fully saturated rings. The molecule has 1 N–H and O–H groups in total. The second-order valence-electron chi connectivity index (χ2n) is 5.85. The van der Waals surface area contributed by atoms with Gasteiger partial charge in [-0.2, -0.15) is 0 Å². The fourth-order valence-corrected chi connectivity index (χ4v) is 3.01. The Morgan fingerprint density at radius 1 is 1.15 bits per heavy atom. The molecule has 0 unspecified atom stereocenters. The molecule has 0 saturated heterocycles. The van der Waals surface area contributed by atoms with Crippen LogP contribution in [0.2, 0.25) is 10.0 Å². The van der Waals surface area contributed by atoms with Crippen LogP contribution < -0.4 is 10.1 Å². The number of nitrogens with one attached hydrogen (secondary N) is 1. The minimum absolute atomic E-state index is 0.0728. The van der Waals surface area contributed by atoms with Crippen LogP contribution in [0.25, 0.3) is 0 Å². The van der Waals surface area contributed by atoms with Gasteiger partial charge in [0, 0.05) is 5.02 Å². The second-order valence-corrected chi connectivity index (χ2v) is 6.67. The van der Waals surface area contributed by atoms with E-state index in [0.717, 1.165) is 0 Å². The molecule has 0 radical (unpaired) electrons. The van der Waals surface area contributed by atoms with E-state index in [-0.39, 0.29) is 22.4 Å². The molecular formula is C20H16Cl2FNO3. The standard InChI is InChI=1S/C20H16Cl2FNO3/c1-12(15-9-18(23)17(22)10-16(15)21)24-20(25)19-8-7-14(27-19)11-26-13-5-3-2-4-6-13/h2-10,12H,11H2,1H3,(H,24,25)/t12-/m0/s1. The van der Waals surface area contributed by atoms with E-state index in [4.69, 9.17) is 32.4 Å². The van der Waals surface area contributed by atoms with Gasteiger partial charge in [-0.15, -0.1) is 0 Å². The van der Waals surface area contributed by atoms with Gasteiger partial charge in [0.1, 0.15) is 23.9 Å². The lowest BCUT2D eigenvalue weighted by atomic mass is 10.1. The number of ether oxygens (including phenoxy) is 1.